The zero-order valence-corrected chi connectivity index (χ0v) is 12.3. The molecule has 0 saturated heterocycles. The van der Waals surface area contributed by atoms with Crippen LogP contribution in [0.15, 0.2) is 18.5 Å². The molecule has 0 spiro atoms. The fraction of sp³-hybridized carbons (Fsp3) is 0.333. The van der Waals surface area contributed by atoms with E-state index in [0.29, 0.717) is 12.0 Å². The van der Waals surface area contributed by atoms with Crippen LogP contribution < -0.4 is 11.1 Å². The van der Waals surface area contributed by atoms with Gasteiger partial charge < -0.3 is 11.1 Å². The lowest BCUT2D eigenvalue weighted by Gasteiger charge is -2.26. The minimum absolute atomic E-state index is 0.306. The van der Waals surface area contributed by atoms with Crippen molar-refractivity contribution >= 4 is 22.8 Å². The van der Waals surface area contributed by atoms with E-state index < -0.39 is 0 Å². The predicted molar refractivity (Wildman–Crippen MR) is 84.5 cm³/mol. The van der Waals surface area contributed by atoms with Gasteiger partial charge in [0, 0.05) is 29.4 Å². The van der Waals surface area contributed by atoms with Crippen LogP contribution >= 0.6 is 0 Å². The van der Waals surface area contributed by atoms with Crippen LogP contribution in [0.5, 0.6) is 0 Å². The predicted octanol–water partition coefficient (Wildman–Crippen LogP) is 1.61. The minimum Gasteiger partial charge on any atom is -0.368 e. The van der Waals surface area contributed by atoms with E-state index in [1.54, 1.807) is 0 Å². The van der Waals surface area contributed by atoms with Gasteiger partial charge in [0.1, 0.15) is 5.82 Å². The number of anilines is 2. The first-order chi connectivity index (χ1) is 10.7. The van der Waals surface area contributed by atoms with Crippen molar-refractivity contribution in [1.29, 1.82) is 0 Å². The quantitative estimate of drug-likeness (QED) is 0.663. The van der Waals surface area contributed by atoms with Gasteiger partial charge in [0.15, 0.2) is 5.65 Å². The van der Waals surface area contributed by atoms with Gasteiger partial charge in [-0.1, -0.05) is 0 Å². The molecule has 0 radical (unpaired) electrons. The summed E-state index contributed by atoms with van der Waals surface area (Å²) in [6, 6.07) is 2.25. The molecule has 0 aliphatic heterocycles. The Bertz CT molecular complexity index is 819. The SMILES string of the molecule is Cc1cc(NC2CCc3c(cnc4[nH]ncc34)C2)nc(N)n1. The number of aryl methyl sites for hydroxylation is 2. The van der Waals surface area contributed by atoms with Crippen LogP contribution in [0.3, 0.4) is 0 Å². The third-order valence-corrected chi connectivity index (χ3v) is 4.11. The number of pyridine rings is 1. The molecular weight excluding hydrogens is 278 g/mol. The average molecular weight is 295 g/mol. The van der Waals surface area contributed by atoms with Crippen LogP contribution in [0.1, 0.15) is 23.2 Å². The van der Waals surface area contributed by atoms with E-state index in [9.17, 15) is 0 Å². The van der Waals surface area contributed by atoms with Crippen LogP contribution in [0.4, 0.5) is 11.8 Å². The molecule has 3 aromatic rings. The normalized spacial score (nSPS) is 17.4. The maximum Gasteiger partial charge on any atom is 0.222 e. The number of rotatable bonds is 2. The van der Waals surface area contributed by atoms with Crippen LogP contribution in [0, 0.1) is 6.92 Å². The standard InChI is InChI=1S/C15H17N7/c1-8-4-13(21-15(16)19-8)20-10-2-3-11-9(5-10)6-17-14-12(11)7-18-22-14/h4,6-7,10H,2-3,5H2,1H3,(H,17,18,22)(H3,16,19,20,21). The topological polar surface area (TPSA) is 105 Å². The Kier molecular flexibility index (Phi) is 2.92. The van der Waals surface area contributed by atoms with E-state index >= 15 is 0 Å². The number of nitrogens with two attached hydrogens (primary N) is 1. The minimum atomic E-state index is 0.306. The first-order valence-electron chi connectivity index (χ1n) is 7.36. The largest absolute Gasteiger partial charge is 0.368 e. The fourth-order valence-electron chi connectivity index (χ4n) is 3.15. The molecule has 7 nitrogen and oxygen atoms in total. The average Bonchev–Trinajstić information content (AvgIpc) is 2.94. The van der Waals surface area contributed by atoms with Gasteiger partial charge in [-0.15, -0.1) is 0 Å². The Morgan fingerprint density at radius 2 is 2.23 bits per heavy atom. The zero-order chi connectivity index (χ0) is 15.1. The van der Waals surface area contributed by atoms with Gasteiger partial charge in [-0.05, 0) is 37.3 Å². The van der Waals surface area contributed by atoms with Crippen LogP contribution in [-0.2, 0) is 12.8 Å². The van der Waals surface area contributed by atoms with Crippen molar-refractivity contribution in [3.8, 4) is 0 Å². The molecule has 22 heavy (non-hydrogen) atoms. The number of H-pyrrole nitrogens is 1. The smallest absolute Gasteiger partial charge is 0.222 e. The summed E-state index contributed by atoms with van der Waals surface area (Å²) in [7, 11) is 0. The van der Waals surface area contributed by atoms with Crippen molar-refractivity contribution in [2.45, 2.75) is 32.2 Å². The first-order valence-corrected chi connectivity index (χ1v) is 7.36. The van der Waals surface area contributed by atoms with Crippen LogP contribution in [0.25, 0.3) is 11.0 Å². The molecule has 1 aliphatic rings. The van der Waals surface area contributed by atoms with Gasteiger partial charge in [-0.25, -0.2) is 9.97 Å². The number of nitrogens with one attached hydrogen (secondary N) is 2. The van der Waals surface area contributed by atoms with Crippen molar-refractivity contribution in [3.63, 3.8) is 0 Å². The summed E-state index contributed by atoms with van der Waals surface area (Å²) in [5, 5.41) is 11.6. The summed E-state index contributed by atoms with van der Waals surface area (Å²) >= 11 is 0. The molecule has 4 N–H and O–H groups in total. The highest BCUT2D eigenvalue weighted by molar-refractivity contribution is 5.79. The number of aromatic nitrogens is 5. The molecule has 112 valence electrons. The molecular formula is C15H17N7. The maximum absolute atomic E-state index is 5.71. The van der Waals surface area contributed by atoms with Gasteiger partial charge in [0.05, 0.1) is 6.20 Å². The molecule has 0 amide bonds. The Morgan fingerprint density at radius 1 is 1.32 bits per heavy atom. The summed E-state index contributed by atoms with van der Waals surface area (Å²) in [6.45, 7) is 1.92. The summed E-state index contributed by atoms with van der Waals surface area (Å²) in [4.78, 5) is 12.8. The molecule has 0 aromatic carbocycles. The van der Waals surface area contributed by atoms with Crippen molar-refractivity contribution in [2.24, 2.45) is 0 Å². The molecule has 1 atom stereocenters. The third-order valence-electron chi connectivity index (χ3n) is 4.11. The molecule has 0 bridgehead atoms. The van der Waals surface area contributed by atoms with E-state index in [1.807, 2.05) is 25.4 Å². The molecule has 3 heterocycles. The van der Waals surface area contributed by atoms with Crippen LogP contribution in [-0.4, -0.2) is 31.2 Å². The van der Waals surface area contributed by atoms with Gasteiger partial charge in [-0.2, -0.15) is 10.1 Å². The second-order valence-corrected chi connectivity index (χ2v) is 5.73. The Labute approximate surface area is 127 Å². The van der Waals surface area contributed by atoms with Gasteiger partial charge in [0.2, 0.25) is 5.95 Å². The number of hydrogen-bond donors (Lipinski definition) is 3. The van der Waals surface area contributed by atoms with Crippen molar-refractivity contribution in [1.82, 2.24) is 25.1 Å². The summed E-state index contributed by atoms with van der Waals surface area (Å²) < 4.78 is 0. The highest BCUT2D eigenvalue weighted by Gasteiger charge is 2.21. The molecule has 0 fully saturated rings. The molecule has 7 heteroatoms. The van der Waals surface area contributed by atoms with E-state index in [1.165, 1.54) is 11.1 Å². The number of aromatic amines is 1. The number of hydrogen-bond acceptors (Lipinski definition) is 6. The third kappa shape index (κ3) is 2.24. The summed E-state index contributed by atoms with van der Waals surface area (Å²) in [5.41, 5.74) is 10.1. The van der Waals surface area contributed by atoms with E-state index in [2.05, 4.69) is 30.5 Å². The van der Waals surface area contributed by atoms with Crippen molar-refractivity contribution < 1.29 is 0 Å². The fourth-order valence-corrected chi connectivity index (χ4v) is 3.15. The monoisotopic (exact) mass is 295 g/mol. The Hall–Kier alpha value is -2.70. The highest BCUT2D eigenvalue weighted by Crippen LogP contribution is 2.28. The molecule has 1 unspecified atom stereocenters. The Balaban J connectivity index is 1.59. The van der Waals surface area contributed by atoms with Gasteiger partial charge in [-0.3, -0.25) is 5.10 Å². The van der Waals surface area contributed by atoms with E-state index in [-0.39, 0.29) is 0 Å². The van der Waals surface area contributed by atoms with Gasteiger partial charge in [0.25, 0.3) is 0 Å². The molecule has 1 aliphatic carbocycles. The lowest BCUT2D eigenvalue weighted by molar-refractivity contribution is 0.610. The zero-order valence-electron chi connectivity index (χ0n) is 12.3. The number of fused-ring (bicyclic) bond motifs is 3. The summed E-state index contributed by atoms with van der Waals surface area (Å²) in [5.74, 6) is 1.09. The maximum atomic E-state index is 5.71. The number of nitrogens with zero attached hydrogens (tertiary/aromatic N) is 4. The first kappa shape index (κ1) is 13.0. The highest BCUT2D eigenvalue weighted by atomic mass is 15.1. The second-order valence-electron chi connectivity index (χ2n) is 5.73. The van der Waals surface area contributed by atoms with E-state index in [4.69, 9.17) is 5.73 Å². The lowest BCUT2D eigenvalue weighted by atomic mass is 9.88. The van der Waals surface area contributed by atoms with E-state index in [0.717, 1.165) is 41.8 Å². The second kappa shape index (κ2) is 4.94. The molecule has 0 saturated carbocycles. The van der Waals surface area contributed by atoms with Crippen molar-refractivity contribution in [2.75, 3.05) is 11.1 Å². The van der Waals surface area contributed by atoms with Crippen molar-refractivity contribution in [3.05, 3.63) is 35.3 Å². The summed E-state index contributed by atoms with van der Waals surface area (Å²) in [6.07, 6.45) is 6.78. The van der Waals surface area contributed by atoms with Gasteiger partial charge >= 0.3 is 0 Å². The lowest BCUT2D eigenvalue weighted by Crippen LogP contribution is -2.28. The number of nitrogen functional groups attached to an aromatic ring is 1. The van der Waals surface area contributed by atoms with Crippen LogP contribution in [0.2, 0.25) is 0 Å². The molecule has 3 aromatic heterocycles. The Morgan fingerprint density at radius 3 is 3.09 bits per heavy atom. The molecule has 4 rings (SSSR count).